The fourth-order valence-electron chi connectivity index (χ4n) is 2.87. The number of halogens is 1. The summed E-state index contributed by atoms with van der Waals surface area (Å²) in [5.74, 6) is 4.58. The summed E-state index contributed by atoms with van der Waals surface area (Å²) in [6.07, 6.45) is 7.16. The summed E-state index contributed by atoms with van der Waals surface area (Å²) >= 11 is 2.25. The Kier molecular flexibility index (Phi) is 8.67. The predicted molar refractivity (Wildman–Crippen MR) is 133 cm³/mol. The van der Waals surface area contributed by atoms with Crippen molar-refractivity contribution < 1.29 is 18.9 Å². The van der Waals surface area contributed by atoms with Crippen LogP contribution < -0.4 is 14.1 Å². The average molecular weight is 551 g/mol. The Balaban J connectivity index is 2.06. The van der Waals surface area contributed by atoms with Gasteiger partial charge in [0, 0.05) is 31.2 Å². The minimum Gasteiger partial charge on any atom is -0.487 e. The van der Waals surface area contributed by atoms with E-state index in [0.717, 1.165) is 25.7 Å². The topological polar surface area (TPSA) is 65.9 Å². The normalized spacial score (nSPS) is 10.7. The molecule has 0 aliphatic carbocycles. The Morgan fingerprint density at radius 2 is 1.71 bits per heavy atom. The third-order valence-corrected chi connectivity index (χ3v) is 6.05. The maximum Gasteiger partial charge on any atom is 0.163 e. The number of fused-ring (bicyclic) bond motifs is 1. The Labute approximate surface area is 197 Å². The quantitative estimate of drug-likeness (QED) is 0.162. The van der Waals surface area contributed by atoms with E-state index in [9.17, 15) is 0 Å². The molecule has 0 aliphatic heterocycles. The second kappa shape index (κ2) is 11.4. The highest BCUT2D eigenvalue weighted by molar-refractivity contribution is 14.1. The number of hydrogen-bond donors (Lipinski definition) is 0. The second-order valence-corrected chi connectivity index (χ2v) is 7.94. The van der Waals surface area contributed by atoms with Gasteiger partial charge >= 0.3 is 0 Å². The SMILES string of the molecule is C#Cc1cccc(N(P)c2ncnc3cc(OCCOC)c(OCCOC)cc23)c1I. The van der Waals surface area contributed by atoms with Crippen LogP contribution in [0.5, 0.6) is 11.5 Å². The first-order valence-corrected chi connectivity index (χ1v) is 11.0. The summed E-state index contributed by atoms with van der Waals surface area (Å²) in [6.45, 7) is 1.71. The van der Waals surface area contributed by atoms with Crippen LogP contribution in [0.25, 0.3) is 10.9 Å². The third-order valence-electron chi connectivity index (χ3n) is 4.39. The van der Waals surface area contributed by atoms with Crippen LogP contribution in [0.3, 0.4) is 0 Å². The molecule has 0 aliphatic rings. The Hall–Kier alpha value is -2.18. The number of aromatic nitrogens is 2. The van der Waals surface area contributed by atoms with Gasteiger partial charge in [-0.15, -0.1) is 6.42 Å². The molecule has 2 aromatic carbocycles. The highest BCUT2D eigenvalue weighted by Gasteiger charge is 2.18. The summed E-state index contributed by atoms with van der Waals surface area (Å²) in [7, 11) is 5.96. The molecule has 0 radical (unpaired) electrons. The van der Waals surface area contributed by atoms with Crippen molar-refractivity contribution in [3.05, 3.63) is 45.8 Å². The van der Waals surface area contributed by atoms with Crippen molar-refractivity contribution in [2.75, 3.05) is 45.3 Å². The van der Waals surface area contributed by atoms with Crippen molar-refractivity contribution in [3.8, 4) is 23.8 Å². The zero-order valence-corrected chi connectivity index (χ0v) is 20.6. The lowest BCUT2D eigenvalue weighted by Crippen LogP contribution is -2.10. The first-order valence-electron chi connectivity index (χ1n) is 9.42. The first-order chi connectivity index (χ1) is 15.1. The van der Waals surface area contributed by atoms with Gasteiger partial charge in [0.1, 0.15) is 25.4 Å². The molecule has 9 heteroatoms. The summed E-state index contributed by atoms with van der Waals surface area (Å²) < 4.78 is 24.8. The molecule has 1 unspecified atom stereocenters. The number of anilines is 2. The predicted octanol–water partition coefficient (Wildman–Crippen LogP) is 4.19. The van der Waals surface area contributed by atoms with Gasteiger partial charge in [-0.1, -0.05) is 12.0 Å². The molecule has 0 N–H and O–H groups in total. The van der Waals surface area contributed by atoms with Gasteiger partial charge in [0.15, 0.2) is 11.5 Å². The number of hydrogen-bond acceptors (Lipinski definition) is 7. The molecule has 0 fully saturated rings. The van der Waals surface area contributed by atoms with Crippen LogP contribution in [0.15, 0.2) is 36.7 Å². The smallest absolute Gasteiger partial charge is 0.163 e. The lowest BCUT2D eigenvalue weighted by molar-refractivity contribution is 0.132. The summed E-state index contributed by atoms with van der Waals surface area (Å²) in [5, 5.41) is 0.811. The Bertz CT molecular complexity index is 1090. The minimum atomic E-state index is 0.387. The van der Waals surface area contributed by atoms with Gasteiger partial charge in [0.05, 0.1) is 28.0 Å². The van der Waals surface area contributed by atoms with E-state index in [1.165, 1.54) is 6.33 Å². The van der Waals surface area contributed by atoms with Gasteiger partial charge in [-0.3, -0.25) is 0 Å². The fraction of sp³-hybridized carbons (Fsp3) is 0.273. The maximum atomic E-state index is 5.92. The Morgan fingerprint density at radius 1 is 1.03 bits per heavy atom. The number of benzene rings is 2. The highest BCUT2D eigenvalue weighted by atomic mass is 127. The maximum absolute atomic E-state index is 5.92. The van der Waals surface area contributed by atoms with E-state index in [1.807, 2.05) is 35.0 Å². The van der Waals surface area contributed by atoms with E-state index in [1.54, 1.807) is 14.2 Å². The van der Waals surface area contributed by atoms with Crippen LogP contribution in [0, 0.1) is 15.9 Å². The minimum absolute atomic E-state index is 0.387. The van der Waals surface area contributed by atoms with E-state index in [4.69, 9.17) is 25.4 Å². The molecule has 0 amide bonds. The van der Waals surface area contributed by atoms with Crippen molar-refractivity contribution >= 4 is 54.4 Å². The molecule has 0 bridgehead atoms. The number of terminal acetylenes is 1. The number of rotatable bonds is 10. The molecule has 0 saturated heterocycles. The monoisotopic (exact) mass is 551 g/mol. The van der Waals surface area contributed by atoms with Crippen LogP contribution in [0.2, 0.25) is 0 Å². The molecule has 3 rings (SSSR count). The molecule has 31 heavy (non-hydrogen) atoms. The van der Waals surface area contributed by atoms with Gasteiger partial charge in [-0.05, 0) is 50.2 Å². The van der Waals surface area contributed by atoms with E-state index >= 15 is 0 Å². The summed E-state index contributed by atoms with van der Waals surface area (Å²) in [4.78, 5) is 8.95. The number of nitrogens with zero attached hydrogens (tertiary/aromatic N) is 3. The lowest BCUT2D eigenvalue weighted by Gasteiger charge is -2.22. The van der Waals surface area contributed by atoms with Crippen molar-refractivity contribution in [1.82, 2.24) is 9.97 Å². The van der Waals surface area contributed by atoms with Crippen LogP contribution >= 0.6 is 32.0 Å². The van der Waals surface area contributed by atoms with E-state index in [-0.39, 0.29) is 0 Å². The first kappa shape index (κ1) is 23.5. The molecule has 1 heterocycles. The average Bonchev–Trinajstić information content (AvgIpc) is 2.79. The highest BCUT2D eigenvalue weighted by Crippen LogP contribution is 2.40. The standard InChI is InChI=1S/C22H23IN3O4P/c1-4-15-6-5-7-18(21(15)23)26(31)22-16-12-19(29-10-8-27-2)20(30-11-9-28-3)13-17(16)24-14-25-22/h1,5-7,12-14H,8-11,31H2,2-3H3. The van der Waals surface area contributed by atoms with Gasteiger partial charge in [0.25, 0.3) is 0 Å². The van der Waals surface area contributed by atoms with E-state index in [0.29, 0.717) is 43.7 Å². The van der Waals surface area contributed by atoms with Crippen LogP contribution in [-0.2, 0) is 9.47 Å². The van der Waals surface area contributed by atoms with Crippen molar-refractivity contribution in [1.29, 1.82) is 0 Å². The van der Waals surface area contributed by atoms with Crippen molar-refractivity contribution in [2.24, 2.45) is 0 Å². The number of methoxy groups -OCH3 is 2. The molecule has 0 saturated carbocycles. The van der Waals surface area contributed by atoms with Gasteiger partial charge in [0.2, 0.25) is 0 Å². The summed E-state index contributed by atoms with van der Waals surface area (Å²) in [6, 6.07) is 9.56. The third kappa shape index (κ3) is 5.55. The largest absolute Gasteiger partial charge is 0.487 e. The molecule has 3 aromatic rings. The van der Waals surface area contributed by atoms with Crippen LogP contribution in [-0.4, -0.2) is 50.6 Å². The molecule has 1 atom stereocenters. The molecule has 7 nitrogen and oxygen atoms in total. The van der Waals surface area contributed by atoms with E-state index in [2.05, 4.69) is 47.9 Å². The van der Waals surface area contributed by atoms with Crippen molar-refractivity contribution in [2.45, 2.75) is 0 Å². The lowest BCUT2D eigenvalue weighted by atomic mass is 10.2. The molecule has 1 aromatic heterocycles. The summed E-state index contributed by atoms with van der Waals surface area (Å²) in [5.41, 5.74) is 2.47. The van der Waals surface area contributed by atoms with Gasteiger partial charge < -0.3 is 23.6 Å². The van der Waals surface area contributed by atoms with Gasteiger partial charge in [-0.2, -0.15) is 0 Å². The molecule has 0 spiro atoms. The fourth-order valence-corrected chi connectivity index (χ4v) is 4.33. The second-order valence-electron chi connectivity index (χ2n) is 6.35. The zero-order valence-electron chi connectivity index (χ0n) is 17.3. The Morgan fingerprint density at radius 3 is 2.35 bits per heavy atom. The van der Waals surface area contributed by atoms with Crippen LogP contribution in [0.1, 0.15) is 5.56 Å². The number of ether oxygens (including phenoxy) is 4. The van der Waals surface area contributed by atoms with Crippen LogP contribution in [0.4, 0.5) is 11.5 Å². The van der Waals surface area contributed by atoms with Gasteiger partial charge in [-0.25, -0.2) is 9.97 Å². The van der Waals surface area contributed by atoms with Crippen molar-refractivity contribution in [3.63, 3.8) is 0 Å². The van der Waals surface area contributed by atoms with E-state index < -0.39 is 0 Å². The zero-order chi connectivity index (χ0) is 22.2. The molecule has 162 valence electrons. The molecular weight excluding hydrogens is 528 g/mol. The molecular formula is C22H23IN3O4P.